The van der Waals surface area contributed by atoms with E-state index >= 15 is 0 Å². The standard InChI is InChI=1S/C14H16O5/c1-5-8-19-13(14(15)18-4)10-6-7-11(16-2)12(9-10)17-3/h1,6-7,9,13H,8H2,2-4H3/t13-/m0/s1. The Balaban J connectivity index is 3.08. The van der Waals surface area contributed by atoms with Crippen LogP contribution in [0.1, 0.15) is 11.7 Å². The Bertz CT molecular complexity index is 475. The summed E-state index contributed by atoms with van der Waals surface area (Å²) in [5, 5.41) is 0. The van der Waals surface area contributed by atoms with Gasteiger partial charge in [0.25, 0.3) is 0 Å². The summed E-state index contributed by atoms with van der Waals surface area (Å²) in [6.45, 7) is 0.00805. The lowest BCUT2D eigenvalue weighted by molar-refractivity contribution is -0.153. The summed E-state index contributed by atoms with van der Waals surface area (Å²) in [6.07, 6.45) is 4.24. The normalized spacial score (nSPS) is 11.3. The van der Waals surface area contributed by atoms with Gasteiger partial charge in [0.2, 0.25) is 0 Å². The van der Waals surface area contributed by atoms with Crippen LogP contribution in [0, 0.1) is 12.3 Å². The van der Waals surface area contributed by atoms with Crippen LogP contribution in [0.2, 0.25) is 0 Å². The highest BCUT2D eigenvalue weighted by Crippen LogP contribution is 2.31. The van der Waals surface area contributed by atoms with Crippen molar-refractivity contribution in [3.8, 4) is 23.8 Å². The Kier molecular flexibility index (Phi) is 5.71. The Labute approximate surface area is 112 Å². The van der Waals surface area contributed by atoms with Crippen LogP contribution in [0.25, 0.3) is 0 Å². The number of rotatable bonds is 6. The van der Waals surface area contributed by atoms with Gasteiger partial charge in [0.15, 0.2) is 17.6 Å². The maximum atomic E-state index is 11.7. The van der Waals surface area contributed by atoms with Gasteiger partial charge < -0.3 is 18.9 Å². The Morgan fingerprint density at radius 3 is 2.47 bits per heavy atom. The van der Waals surface area contributed by atoms with Crippen LogP contribution in [0.3, 0.4) is 0 Å². The highest BCUT2D eigenvalue weighted by Gasteiger charge is 2.23. The summed E-state index contributed by atoms with van der Waals surface area (Å²) >= 11 is 0. The second-order valence-electron chi connectivity index (χ2n) is 3.53. The van der Waals surface area contributed by atoms with Crippen LogP contribution >= 0.6 is 0 Å². The first kappa shape index (κ1) is 14.9. The molecule has 0 aliphatic rings. The van der Waals surface area contributed by atoms with Gasteiger partial charge in [0.1, 0.15) is 6.61 Å². The SMILES string of the molecule is C#CCO[C@H](C(=O)OC)c1ccc(OC)c(OC)c1. The molecule has 0 aliphatic heterocycles. The first-order valence-corrected chi connectivity index (χ1v) is 5.52. The Hall–Kier alpha value is -2.19. The third kappa shape index (κ3) is 3.63. The Morgan fingerprint density at radius 2 is 1.95 bits per heavy atom. The van der Waals surface area contributed by atoms with E-state index in [2.05, 4.69) is 10.7 Å². The highest BCUT2D eigenvalue weighted by atomic mass is 16.6. The van der Waals surface area contributed by atoms with Gasteiger partial charge in [-0.05, 0) is 17.7 Å². The monoisotopic (exact) mass is 264 g/mol. The first-order chi connectivity index (χ1) is 9.17. The number of carbonyl (C=O) groups is 1. The van der Waals surface area contributed by atoms with Crippen molar-refractivity contribution < 1.29 is 23.7 Å². The molecule has 5 heteroatoms. The molecule has 0 fully saturated rings. The summed E-state index contributed by atoms with van der Waals surface area (Å²) in [5.74, 6) is 2.85. The fourth-order valence-electron chi connectivity index (χ4n) is 1.55. The van der Waals surface area contributed by atoms with Crippen molar-refractivity contribution in [3.63, 3.8) is 0 Å². The summed E-state index contributed by atoms with van der Waals surface area (Å²) in [4.78, 5) is 11.7. The predicted molar refractivity (Wildman–Crippen MR) is 69.1 cm³/mol. The molecule has 19 heavy (non-hydrogen) atoms. The summed E-state index contributed by atoms with van der Waals surface area (Å²) in [5.41, 5.74) is 0.583. The van der Waals surface area contributed by atoms with E-state index in [1.807, 2.05) is 0 Å². The molecule has 0 radical (unpaired) electrons. The molecule has 0 unspecified atom stereocenters. The van der Waals surface area contributed by atoms with Crippen LogP contribution in [0.15, 0.2) is 18.2 Å². The molecule has 1 rings (SSSR count). The molecule has 0 amide bonds. The summed E-state index contributed by atoms with van der Waals surface area (Å²) in [7, 11) is 4.33. The Morgan fingerprint density at radius 1 is 1.26 bits per heavy atom. The van der Waals surface area contributed by atoms with E-state index in [-0.39, 0.29) is 6.61 Å². The van der Waals surface area contributed by atoms with Crippen LogP contribution in [-0.4, -0.2) is 33.9 Å². The van der Waals surface area contributed by atoms with Crippen LogP contribution < -0.4 is 9.47 Å². The fraction of sp³-hybridized carbons (Fsp3) is 0.357. The zero-order chi connectivity index (χ0) is 14.3. The van der Waals surface area contributed by atoms with Gasteiger partial charge in [-0.1, -0.05) is 12.0 Å². The molecule has 0 aliphatic carbocycles. The maximum absolute atomic E-state index is 11.7. The number of methoxy groups -OCH3 is 3. The van der Waals surface area contributed by atoms with E-state index in [0.29, 0.717) is 17.1 Å². The first-order valence-electron chi connectivity index (χ1n) is 5.52. The molecule has 0 heterocycles. The molecule has 0 saturated carbocycles. The van der Waals surface area contributed by atoms with Crippen LogP contribution in [-0.2, 0) is 14.3 Å². The number of esters is 1. The van der Waals surface area contributed by atoms with E-state index in [4.69, 9.17) is 20.6 Å². The molecule has 0 bridgehead atoms. The molecule has 1 aromatic rings. The smallest absolute Gasteiger partial charge is 0.339 e. The maximum Gasteiger partial charge on any atom is 0.339 e. The van der Waals surface area contributed by atoms with Gasteiger partial charge >= 0.3 is 5.97 Å². The molecule has 0 spiro atoms. The minimum atomic E-state index is -0.888. The van der Waals surface area contributed by atoms with Crippen molar-refractivity contribution in [1.82, 2.24) is 0 Å². The van der Waals surface area contributed by atoms with E-state index in [0.717, 1.165) is 0 Å². The van der Waals surface area contributed by atoms with E-state index in [1.54, 1.807) is 18.2 Å². The number of benzene rings is 1. The van der Waals surface area contributed by atoms with Crippen molar-refractivity contribution in [2.24, 2.45) is 0 Å². The van der Waals surface area contributed by atoms with Gasteiger partial charge in [-0.15, -0.1) is 6.42 Å². The predicted octanol–water partition coefficient (Wildman–Crippen LogP) is 1.57. The second kappa shape index (κ2) is 7.29. The second-order valence-corrected chi connectivity index (χ2v) is 3.53. The van der Waals surface area contributed by atoms with Gasteiger partial charge in [-0.3, -0.25) is 0 Å². The average Bonchev–Trinajstić information content (AvgIpc) is 2.46. The number of hydrogen-bond acceptors (Lipinski definition) is 5. The largest absolute Gasteiger partial charge is 0.493 e. The molecule has 1 aromatic carbocycles. The summed E-state index contributed by atoms with van der Waals surface area (Å²) < 4.78 is 20.3. The van der Waals surface area contributed by atoms with Crippen molar-refractivity contribution in [1.29, 1.82) is 0 Å². The van der Waals surface area contributed by atoms with Crippen molar-refractivity contribution in [2.75, 3.05) is 27.9 Å². The van der Waals surface area contributed by atoms with Gasteiger partial charge in [0, 0.05) is 0 Å². The van der Waals surface area contributed by atoms with Crippen LogP contribution in [0.4, 0.5) is 0 Å². The van der Waals surface area contributed by atoms with E-state index in [9.17, 15) is 4.79 Å². The van der Waals surface area contributed by atoms with Crippen molar-refractivity contribution >= 4 is 5.97 Å². The van der Waals surface area contributed by atoms with E-state index < -0.39 is 12.1 Å². The molecular weight excluding hydrogens is 248 g/mol. The lowest BCUT2D eigenvalue weighted by atomic mass is 10.1. The molecule has 0 saturated heterocycles. The topological polar surface area (TPSA) is 54.0 Å². The van der Waals surface area contributed by atoms with Gasteiger partial charge in [-0.25, -0.2) is 4.79 Å². The fourth-order valence-corrected chi connectivity index (χ4v) is 1.55. The number of carbonyl (C=O) groups excluding carboxylic acids is 1. The number of ether oxygens (including phenoxy) is 4. The van der Waals surface area contributed by atoms with E-state index in [1.165, 1.54) is 21.3 Å². The lowest BCUT2D eigenvalue weighted by Crippen LogP contribution is -2.18. The third-order valence-corrected chi connectivity index (χ3v) is 2.46. The minimum absolute atomic E-state index is 0.00805. The third-order valence-electron chi connectivity index (χ3n) is 2.46. The van der Waals surface area contributed by atoms with Crippen molar-refractivity contribution in [3.05, 3.63) is 23.8 Å². The molecule has 5 nitrogen and oxygen atoms in total. The molecule has 102 valence electrons. The molecule has 1 atom stereocenters. The zero-order valence-corrected chi connectivity index (χ0v) is 11.1. The minimum Gasteiger partial charge on any atom is -0.493 e. The molecule has 0 N–H and O–H groups in total. The molecular formula is C14H16O5. The van der Waals surface area contributed by atoms with Gasteiger partial charge in [-0.2, -0.15) is 0 Å². The van der Waals surface area contributed by atoms with Gasteiger partial charge in [0.05, 0.1) is 21.3 Å². The summed E-state index contributed by atoms with van der Waals surface area (Å²) in [6, 6.07) is 5.03. The number of terminal acetylenes is 1. The zero-order valence-electron chi connectivity index (χ0n) is 11.1. The number of hydrogen-bond donors (Lipinski definition) is 0. The van der Waals surface area contributed by atoms with Crippen molar-refractivity contribution in [2.45, 2.75) is 6.10 Å². The quantitative estimate of drug-likeness (QED) is 0.576. The average molecular weight is 264 g/mol. The van der Waals surface area contributed by atoms with Crippen LogP contribution in [0.5, 0.6) is 11.5 Å². The highest BCUT2D eigenvalue weighted by molar-refractivity contribution is 5.76. The lowest BCUT2D eigenvalue weighted by Gasteiger charge is -2.16. The molecule has 0 aromatic heterocycles.